The zero-order valence-electron chi connectivity index (χ0n) is 16.9. The number of imidazole rings is 1. The maximum atomic E-state index is 13.2. The SMILES string of the molecule is CCn1c(SCC(=O)N(Cc2ccccc2)[C@@H]2CCS(=O)(=O)C2)nc2ccccc21. The summed E-state index contributed by atoms with van der Waals surface area (Å²) in [4.78, 5) is 19.6. The van der Waals surface area contributed by atoms with Crippen LogP contribution in [0, 0.1) is 0 Å². The first-order chi connectivity index (χ1) is 14.5. The molecule has 0 saturated carbocycles. The Balaban J connectivity index is 1.53. The summed E-state index contributed by atoms with van der Waals surface area (Å²) >= 11 is 1.41. The fourth-order valence-corrected chi connectivity index (χ4v) is 6.60. The lowest BCUT2D eigenvalue weighted by atomic mass is 10.1. The van der Waals surface area contributed by atoms with Crippen LogP contribution < -0.4 is 0 Å². The van der Waals surface area contributed by atoms with Gasteiger partial charge < -0.3 is 9.47 Å². The fraction of sp³-hybridized carbons (Fsp3) is 0.364. The number of nitrogens with zero attached hydrogens (tertiary/aromatic N) is 3. The maximum Gasteiger partial charge on any atom is 0.233 e. The molecule has 1 amide bonds. The molecule has 0 bridgehead atoms. The molecule has 1 saturated heterocycles. The van der Waals surface area contributed by atoms with Gasteiger partial charge in [0.25, 0.3) is 0 Å². The Labute approximate surface area is 181 Å². The number of fused-ring (bicyclic) bond motifs is 1. The lowest BCUT2D eigenvalue weighted by Gasteiger charge is -2.28. The van der Waals surface area contributed by atoms with Crippen LogP contribution in [-0.2, 0) is 27.7 Å². The minimum atomic E-state index is -3.08. The second-order valence-corrected chi connectivity index (χ2v) is 10.7. The van der Waals surface area contributed by atoms with Crippen molar-refractivity contribution in [2.45, 2.75) is 37.6 Å². The Morgan fingerprint density at radius 2 is 1.90 bits per heavy atom. The number of hydrogen-bond acceptors (Lipinski definition) is 5. The summed E-state index contributed by atoms with van der Waals surface area (Å²) in [6, 6.07) is 17.4. The average molecular weight is 444 g/mol. The Morgan fingerprint density at radius 1 is 1.17 bits per heavy atom. The molecule has 1 aliphatic heterocycles. The lowest BCUT2D eigenvalue weighted by molar-refractivity contribution is -0.130. The van der Waals surface area contributed by atoms with Crippen LogP contribution in [0.1, 0.15) is 18.9 Å². The van der Waals surface area contributed by atoms with Gasteiger partial charge in [-0.05, 0) is 31.0 Å². The zero-order chi connectivity index (χ0) is 21.1. The summed E-state index contributed by atoms with van der Waals surface area (Å²) < 4.78 is 26.2. The van der Waals surface area contributed by atoms with Gasteiger partial charge in [0.2, 0.25) is 5.91 Å². The normalized spacial score (nSPS) is 18.0. The van der Waals surface area contributed by atoms with Crippen LogP contribution in [0.2, 0.25) is 0 Å². The molecule has 8 heteroatoms. The summed E-state index contributed by atoms with van der Waals surface area (Å²) in [5.41, 5.74) is 2.97. The van der Waals surface area contributed by atoms with Crippen molar-refractivity contribution in [3.05, 3.63) is 60.2 Å². The van der Waals surface area contributed by atoms with E-state index in [1.54, 1.807) is 4.90 Å². The largest absolute Gasteiger partial charge is 0.334 e. The molecule has 158 valence electrons. The second kappa shape index (κ2) is 8.81. The van der Waals surface area contributed by atoms with Crippen molar-refractivity contribution >= 4 is 38.5 Å². The highest BCUT2D eigenvalue weighted by atomic mass is 32.2. The summed E-state index contributed by atoms with van der Waals surface area (Å²) in [5, 5.41) is 0.811. The summed E-state index contributed by atoms with van der Waals surface area (Å²) in [5.74, 6) is 0.367. The molecule has 0 spiro atoms. The quantitative estimate of drug-likeness (QED) is 0.524. The minimum absolute atomic E-state index is 0.0454. The monoisotopic (exact) mass is 443 g/mol. The third-order valence-electron chi connectivity index (χ3n) is 5.43. The maximum absolute atomic E-state index is 13.2. The molecule has 1 atom stereocenters. The zero-order valence-corrected chi connectivity index (χ0v) is 18.5. The van der Waals surface area contributed by atoms with Crippen LogP contribution in [0.3, 0.4) is 0 Å². The van der Waals surface area contributed by atoms with Gasteiger partial charge in [-0.15, -0.1) is 0 Å². The highest BCUT2D eigenvalue weighted by molar-refractivity contribution is 7.99. The van der Waals surface area contributed by atoms with E-state index in [1.165, 1.54) is 11.8 Å². The van der Waals surface area contributed by atoms with E-state index in [0.29, 0.717) is 13.0 Å². The van der Waals surface area contributed by atoms with Crippen molar-refractivity contribution in [3.63, 3.8) is 0 Å². The van der Waals surface area contributed by atoms with Gasteiger partial charge >= 0.3 is 0 Å². The van der Waals surface area contributed by atoms with E-state index < -0.39 is 9.84 Å². The predicted molar refractivity (Wildman–Crippen MR) is 120 cm³/mol. The number of carbonyl (C=O) groups excluding carboxylic acids is 1. The van der Waals surface area contributed by atoms with Gasteiger partial charge in [-0.3, -0.25) is 4.79 Å². The molecule has 30 heavy (non-hydrogen) atoms. The number of thioether (sulfide) groups is 1. The van der Waals surface area contributed by atoms with E-state index in [4.69, 9.17) is 0 Å². The van der Waals surface area contributed by atoms with Crippen molar-refractivity contribution in [3.8, 4) is 0 Å². The Hall–Kier alpha value is -2.32. The topological polar surface area (TPSA) is 72.3 Å². The molecule has 0 N–H and O–H groups in total. The van der Waals surface area contributed by atoms with Gasteiger partial charge in [0.1, 0.15) is 0 Å². The molecule has 2 aromatic carbocycles. The van der Waals surface area contributed by atoms with Crippen LogP contribution in [-0.4, -0.2) is 52.1 Å². The first kappa shape index (κ1) is 20.9. The average Bonchev–Trinajstić information content (AvgIpc) is 3.29. The van der Waals surface area contributed by atoms with E-state index in [0.717, 1.165) is 28.3 Å². The molecule has 0 aliphatic carbocycles. The van der Waals surface area contributed by atoms with Crippen molar-refractivity contribution in [2.24, 2.45) is 0 Å². The Bertz CT molecular complexity index is 1140. The van der Waals surface area contributed by atoms with Gasteiger partial charge in [-0.2, -0.15) is 0 Å². The van der Waals surface area contributed by atoms with E-state index in [9.17, 15) is 13.2 Å². The summed E-state index contributed by atoms with van der Waals surface area (Å²) in [6.07, 6.45) is 0.499. The molecule has 1 aromatic heterocycles. The summed E-state index contributed by atoms with van der Waals surface area (Å²) in [6.45, 7) is 3.25. The Morgan fingerprint density at radius 3 is 2.60 bits per heavy atom. The number of aromatic nitrogens is 2. The third kappa shape index (κ3) is 4.54. The van der Waals surface area contributed by atoms with Gasteiger partial charge in [0.15, 0.2) is 15.0 Å². The first-order valence-electron chi connectivity index (χ1n) is 10.1. The van der Waals surface area contributed by atoms with Gasteiger partial charge in [0.05, 0.1) is 28.3 Å². The number of rotatable bonds is 7. The van der Waals surface area contributed by atoms with E-state index in [1.807, 2.05) is 54.6 Å². The predicted octanol–water partition coefficient (Wildman–Crippen LogP) is 3.36. The Kier molecular flexibility index (Phi) is 6.15. The molecule has 0 unspecified atom stereocenters. The van der Waals surface area contributed by atoms with Crippen LogP contribution in [0.15, 0.2) is 59.8 Å². The second-order valence-electron chi connectivity index (χ2n) is 7.48. The smallest absolute Gasteiger partial charge is 0.233 e. The van der Waals surface area contributed by atoms with Crippen LogP contribution in [0.5, 0.6) is 0 Å². The van der Waals surface area contributed by atoms with Gasteiger partial charge in [-0.25, -0.2) is 13.4 Å². The van der Waals surface area contributed by atoms with E-state index in [2.05, 4.69) is 16.5 Å². The number of aryl methyl sites for hydroxylation is 1. The van der Waals surface area contributed by atoms with Gasteiger partial charge in [-0.1, -0.05) is 54.2 Å². The van der Waals surface area contributed by atoms with Crippen molar-refractivity contribution < 1.29 is 13.2 Å². The molecular formula is C22H25N3O3S2. The third-order valence-corrected chi connectivity index (χ3v) is 8.14. The van der Waals surface area contributed by atoms with E-state index in [-0.39, 0.29) is 29.2 Å². The molecule has 6 nitrogen and oxygen atoms in total. The van der Waals surface area contributed by atoms with Crippen LogP contribution in [0.4, 0.5) is 0 Å². The highest BCUT2D eigenvalue weighted by Crippen LogP contribution is 2.26. The molecule has 2 heterocycles. The molecule has 1 aliphatic rings. The number of carbonyl (C=O) groups is 1. The lowest BCUT2D eigenvalue weighted by Crippen LogP contribution is -2.41. The number of amides is 1. The number of benzene rings is 2. The highest BCUT2D eigenvalue weighted by Gasteiger charge is 2.34. The molecule has 3 aromatic rings. The standard InChI is InChI=1S/C22H25N3O3S2/c1-2-24-20-11-7-6-10-19(20)23-22(24)29-15-21(26)25(14-17-8-4-3-5-9-17)18-12-13-30(27,28)16-18/h3-11,18H,2,12-16H2,1H3/t18-/m1/s1. The molecular weight excluding hydrogens is 418 g/mol. The molecule has 1 fully saturated rings. The molecule has 4 rings (SSSR count). The number of hydrogen-bond donors (Lipinski definition) is 0. The summed E-state index contributed by atoms with van der Waals surface area (Å²) in [7, 11) is -3.08. The fourth-order valence-electron chi connectivity index (χ4n) is 3.90. The van der Waals surface area contributed by atoms with Crippen molar-refractivity contribution in [1.82, 2.24) is 14.5 Å². The number of para-hydroxylation sites is 2. The first-order valence-corrected chi connectivity index (χ1v) is 12.9. The molecule has 0 radical (unpaired) electrons. The van der Waals surface area contributed by atoms with Crippen molar-refractivity contribution in [2.75, 3.05) is 17.3 Å². The van der Waals surface area contributed by atoms with E-state index >= 15 is 0 Å². The minimum Gasteiger partial charge on any atom is -0.334 e. The van der Waals surface area contributed by atoms with Crippen LogP contribution >= 0.6 is 11.8 Å². The van der Waals surface area contributed by atoms with Gasteiger partial charge in [0, 0.05) is 19.1 Å². The van der Waals surface area contributed by atoms with Crippen LogP contribution in [0.25, 0.3) is 11.0 Å². The number of sulfone groups is 1. The van der Waals surface area contributed by atoms with Crippen molar-refractivity contribution in [1.29, 1.82) is 0 Å².